The number of hydrogen-bond donors (Lipinski definition) is 2. The lowest BCUT2D eigenvalue weighted by atomic mass is 9.63. The van der Waals surface area contributed by atoms with Gasteiger partial charge in [-0.1, -0.05) is 70.2 Å². The largest absolute Gasteiger partial charge is 0.508 e. The minimum Gasteiger partial charge on any atom is -0.508 e. The molecule has 3 aromatic carbocycles. The minimum atomic E-state index is -0.996. The van der Waals surface area contributed by atoms with Gasteiger partial charge in [0.15, 0.2) is 0 Å². The molecule has 3 aromatic rings. The molecule has 0 unspecified atom stereocenters. The van der Waals surface area contributed by atoms with Crippen LogP contribution in [0.15, 0.2) is 66.7 Å². The van der Waals surface area contributed by atoms with Crippen LogP contribution in [-0.2, 0) is 41.4 Å². The number of esters is 1. The summed E-state index contributed by atoms with van der Waals surface area (Å²) in [6.07, 6.45) is 2.10. The highest BCUT2D eigenvalue weighted by atomic mass is 16.5. The molecule has 0 radical (unpaired) electrons. The highest BCUT2D eigenvalue weighted by molar-refractivity contribution is 5.88. The number of amides is 2. The Morgan fingerprint density at radius 2 is 1.20 bits per heavy atom. The highest BCUT2D eigenvalue weighted by Crippen LogP contribution is 2.46. The molecule has 0 saturated carbocycles. The SMILES string of the molecule is CN(C)C(=O)[C@@H](CC(=O)O)c1ccc(OCc2ccc3c(c2)C(C)(C)CCC3(C)C)cc1.COC(=O)C[C@H](C(=O)N(C)C)c1ccc(O)cc1. The average molecular weight is 689 g/mol. The van der Waals surface area contributed by atoms with Crippen LogP contribution in [-0.4, -0.2) is 79.1 Å². The number of carboxylic acid groups (broad SMARTS) is 1. The number of aliphatic carboxylic acids is 1. The molecular formula is C40H52N2O8. The maximum Gasteiger partial charge on any atom is 0.306 e. The monoisotopic (exact) mass is 688 g/mol. The third-order valence-corrected chi connectivity index (χ3v) is 9.36. The predicted octanol–water partition coefficient (Wildman–Crippen LogP) is 6.39. The number of fused-ring (bicyclic) bond motifs is 1. The zero-order valence-electron chi connectivity index (χ0n) is 30.8. The van der Waals surface area contributed by atoms with Crippen LogP contribution < -0.4 is 4.74 Å². The van der Waals surface area contributed by atoms with E-state index in [0.717, 1.165) is 5.56 Å². The molecule has 1 aliphatic rings. The summed E-state index contributed by atoms with van der Waals surface area (Å²) in [4.78, 5) is 49.9. The lowest BCUT2D eigenvalue weighted by Crippen LogP contribution is -2.33. The first kappa shape index (κ1) is 39.6. The van der Waals surface area contributed by atoms with Crippen LogP contribution in [0, 0.1) is 0 Å². The molecule has 0 spiro atoms. The normalized spacial score (nSPS) is 15.2. The lowest BCUT2D eigenvalue weighted by Gasteiger charge is -2.42. The summed E-state index contributed by atoms with van der Waals surface area (Å²) in [7, 11) is 7.82. The van der Waals surface area contributed by atoms with E-state index in [1.165, 1.54) is 53.0 Å². The van der Waals surface area contributed by atoms with Gasteiger partial charge in [0, 0.05) is 28.2 Å². The number of methoxy groups -OCH3 is 1. The molecule has 0 bridgehead atoms. The van der Waals surface area contributed by atoms with Crippen molar-refractivity contribution in [2.24, 2.45) is 0 Å². The lowest BCUT2D eigenvalue weighted by molar-refractivity contribution is -0.144. The molecule has 10 nitrogen and oxygen atoms in total. The first-order chi connectivity index (χ1) is 23.4. The van der Waals surface area contributed by atoms with Crippen LogP contribution in [0.4, 0.5) is 0 Å². The van der Waals surface area contributed by atoms with Crippen molar-refractivity contribution in [3.8, 4) is 11.5 Å². The first-order valence-electron chi connectivity index (χ1n) is 16.7. The molecule has 2 atom stereocenters. The van der Waals surface area contributed by atoms with Crippen LogP contribution in [0.5, 0.6) is 11.5 Å². The second-order valence-corrected chi connectivity index (χ2v) is 14.5. The van der Waals surface area contributed by atoms with Gasteiger partial charge in [0.2, 0.25) is 11.8 Å². The Morgan fingerprint density at radius 3 is 1.68 bits per heavy atom. The van der Waals surface area contributed by atoms with Crippen molar-refractivity contribution in [2.75, 3.05) is 35.3 Å². The topological polar surface area (TPSA) is 134 Å². The summed E-state index contributed by atoms with van der Waals surface area (Å²) in [5.41, 5.74) is 5.66. The van der Waals surface area contributed by atoms with E-state index >= 15 is 0 Å². The van der Waals surface area contributed by atoms with E-state index in [1.807, 2.05) is 0 Å². The van der Waals surface area contributed by atoms with Crippen LogP contribution in [0.3, 0.4) is 0 Å². The molecule has 10 heteroatoms. The summed E-state index contributed by atoms with van der Waals surface area (Å²) in [6.45, 7) is 9.72. The number of phenols is 1. The van der Waals surface area contributed by atoms with Crippen molar-refractivity contribution in [1.29, 1.82) is 0 Å². The van der Waals surface area contributed by atoms with Gasteiger partial charge in [0.25, 0.3) is 0 Å². The number of carboxylic acids is 1. The molecular weight excluding hydrogens is 636 g/mol. The van der Waals surface area contributed by atoms with Crippen LogP contribution in [0.25, 0.3) is 0 Å². The zero-order valence-corrected chi connectivity index (χ0v) is 30.8. The fourth-order valence-corrected chi connectivity index (χ4v) is 6.14. The Morgan fingerprint density at radius 1 is 0.720 bits per heavy atom. The van der Waals surface area contributed by atoms with Gasteiger partial charge < -0.3 is 29.5 Å². The maximum absolute atomic E-state index is 12.4. The number of phenolic OH excluding ortho intramolecular Hbond substituents is 1. The number of aromatic hydroxyl groups is 1. The molecule has 2 amide bonds. The summed E-state index contributed by atoms with van der Waals surface area (Å²) in [5.74, 6) is -2.32. The third-order valence-electron chi connectivity index (χ3n) is 9.36. The van der Waals surface area contributed by atoms with E-state index in [1.54, 1.807) is 64.6 Å². The Hall–Kier alpha value is -4.86. The number of likely N-dealkylation sites (N-methyl/N-ethyl adjacent to an activating group) is 2. The van der Waals surface area contributed by atoms with Crippen molar-refractivity contribution in [3.05, 3.63) is 94.5 Å². The molecule has 270 valence electrons. The molecule has 0 saturated heterocycles. The van der Waals surface area contributed by atoms with Crippen molar-refractivity contribution in [1.82, 2.24) is 9.80 Å². The average Bonchev–Trinajstić information content (AvgIpc) is 3.07. The van der Waals surface area contributed by atoms with Crippen molar-refractivity contribution >= 4 is 23.8 Å². The number of carbonyl (C=O) groups excluding carboxylic acids is 3. The Bertz CT molecular complexity index is 1640. The number of ether oxygens (including phenoxy) is 2. The fourth-order valence-electron chi connectivity index (χ4n) is 6.14. The number of carbonyl (C=O) groups is 4. The van der Waals surface area contributed by atoms with Gasteiger partial charge in [0.1, 0.15) is 18.1 Å². The van der Waals surface area contributed by atoms with E-state index in [4.69, 9.17) is 4.74 Å². The summed E-state index contributed by atoms with van der Waals surface area (Å²) in [6, 6.07) is 20.1. The first-order valence-corrected chi connectivity index (χ1v) is 16.7. The quantitative estimate of drug-likeness (QED) is 0.222. The number of benzene rings is 3. The van der Waals surface area contributed by atoms with Crippen LogP contribution in [0.1, 0.15) is 93.0 Å². The number of hydrogen-bond acceptors (Lipinski definition) is 7. The summed E-state index contributed by atoms with van der Waals surface area (Å²) < 4.78 is 10.6. The second-order valence-electron chi connectivity index (χ2n) is 14.5. The Balaban J connectivity index is 0.000000319. The van der Waals surface area contributed by atoms with Gasteiger partial charge in [-0.3, -0.25) is 19.2 Å². The number of rotatable bonds is 11. The summed E-state index contributed by atoms with van der Waals surface area (Å²) in [5, 5.41) is 18.4. The molecule has 0 aliphatic heterocycles. The van der Waals surface area contributed by atoms with Gasteiger partial charge in [-0.15, -0.1) is 0 Å². The molecule has 2 N–H and O–H groups in total. The third kappa shape index (κ3) is 10.3. The van der Waals surface area contributed by atoms with Crippen molar-refractivity contribution < 1.29 is 38.9 Å². The number of nitrogens with zero attached hydrogens (tertiary/aromatic N) is 2. The molecule has 0 heterocycles. The standard InChI is InChI=1S/C27H35NO4.C13H17NO4/c1-26(2)13-14-27(3,4)23-15-18(7-12-22(23)26)17-32-20-10-8-19(9-11-20)21(16-24(29)30)25(31)28(5)6;1-14(2)13(17)11(8-12(16)18-3)9-4-6-10(15)7-5-9/h7-12,15,21H,13-14,16-17H2,1-6H3,(H,29,30);4-7,11,15H,8H2,1-3H3/t21-;11-/m00/s1. The van der Waals surface area contributed by atoms with Crippen molar-refractivity contribution in [2.45, 2.75) is 82.7 Å². The zero-order chi connectivity index (χ0) is 37.4. The molecule has 0 aromatic heterocycles. The predicted molar refractivity (Wildman–Crippen MR) is 192 cm³/mol. The van der Waals surface area contributed by atoms with E-state index in [0.29, 0.717) is 23.5 Å². The van der Waals surface area contributed by atoms with Crippen LogP contribution >= 0.6 is 0 Å². The van der Waals surface area contributed by atoms with E-state index < -0.39 is 23.8 Å². The molecule has 0 fully saturated rings. The van der Waals surface area contributed by atoms with Gasteiger partial charge in [-0.25, -0.2) is 0 Å². The van der Waals surface area contributed by atoms with Crippen molar-refractivity contribution in [3.63, 3.8) is 0 Å². The van der Waals surface area contributed by atoms with Gasteiger partial charge >= 0.3 is 11.9 Å². The molecule has 1 aliphatic carbocycles. The van der Waals surface area contributed by atoms with E-state index in [-0.39, 0.29) is 41.2 Å². The highest BCUT2D eigenvalue weighted by Gasteiger charge is 2.37. The second kappa shape index (κ2) is 16.7. The fraction of sp³-hybridized carbons (Fsp3) is 0.450. The van der Waals surface area contributed by atoms with Gasteiger partial charge in [0.05, 0.1) is 31.8 Å². The minimum absolute atomic E-state index is 0.0156. The smallest absolute Gasteiger partial charge is 0.306 e. The Kier molecular flexibility index (Phi) is 13.2. The summed E-state index contributed by atoms with van der Waals surface area (Å²) >= 11 is 0. The molecule has 50 heavy (non-hydrogen) atoms. The van der Waals surface area contributed by atoms with E-state index in [2.05, 4.69) is 50.6 Å². The maximum atomic E-state index is 12.4. The molecule has 4 rings (SSSR count). The van der Waals surface area contributed by atoms with E-state index in [9.17, 15) is 29.4 Å². The van der Waals surface area contributed by atoms with Crippen LogP contribution in [0.2, 0.25) is 0 Å². The Labute approximate surface area is 296 Å². The van der Waals surface area contributed by atoms with Gasteiger partial charge in [-0.2, -0.15) is 0 Å². The van der Waals surface area contributed by atoms with Gasteiger partial charge in [-0.05, 0) is 75.8 Å².